The van der Waals surface area contributed by atoms with Gasteiger partial charge in [0.2, 0.25) is 10.0 Å². The zero-order chi connectivity index (χ0) is 19.7. The van der Waals surface area contributed by atoms with Gasteiger partial charge >= 0.3 is 0 Å². The first-order chi connectivity index (χ1) is 13.4. The van der Waals surface area contributed by atoms with Gasteiger partial charge in [0.25, 0.3) is 0 Å². The summed E-state index contributed by atoms with van der Waals surface area (Å²) >= 11 is 12.0. The molecule has 8 heteroatoms. The average molecular weight is 442 g/mol. The number of hydrogen-bond donors (Lipinski definition) is 1. The predicted octanol–water partition coefficient (Wildman–Crippen LogP) is 4.28. The molecular formula is C20H21Cl2NO4S. The quantitative estimate of drug-likeness (QED) is 0.768. The van der Waals surface area contributed by atoms with E-state index in [-0.39, 0.29) is 23.1 Å². The highest BCUT2D eigenvalue weighted by Crippen LogP contribution is 2.30. The molecule has 2 fully saturated rings. The number of halogens is 2. The minimum atomic E-state index is -3.61. The summed E-state index contributed by atoms with van der Waals surface area (Å²) in [6.45, 7) is 1.18. The maximum atomic E-state index is 12.8. The van der Waals surface area contributed by atoms with Gasteiger partial charge in [0.1, 0.15) is 0 Å². The van der Waals surface area contributed by atoms with Gasteiger partial charge in [0.05, 0.1) is 40.4 Å². The van der Waals surface area contributed by atoms with E-state index in [1.54, 1.807) is 36.4 Å². The van der Waals surface area contributed by atoms with Crippen molar-refractivity contribution in [1.82, 2.24) is 4.72 Å². The number of fused-ring (bicyclic) bond motifs is 1. The summed E-state index contributed by atoms with van der Waals surface area (Å²) < 4.78 is 39.8. The van der Waals surface area contributed by atoms with Crippen LogP contribution in [0.1, 0.15) is 19.3 Å². The largest absolute Gasteiger partial charge is 0.373 e. The fraction of sp³-hybridized carbons (Fsp3) is 0.400. The third-order valence-electron chi connectivity index (χ3n) is 5.22. The maximum absolute atomic E-state index is 12.8. The van der Waals surface area contributed by atoms with Gasteiger partial charge in [0.15, 0.2) is 0 Å². The predicted molar refractivity (Wildman–Crippen MR) is 109 cm³/mol. The Labute approximate surface area is 175 Å². The molecule has 1 aliphatic carbocycles. The van der Waals surface area contributed by atoms with Gasteiger partial charge in [-0.2, -0.15) is 0 Å². The highest BCUT2D eigenvalue weighted by molar-refractivity contribution is 7.89. The van der Waals surface area contributed by atoms with Gasteiger partial charge in [-0.1, -0.05) is 41.4 Å². The van der Waals surface area contributed by atoms with Crippen molar-refractivity contribution in [1.29, 1.82) is 0 Å². The molecule has 28 heavy (non-hydrogen) atoms. The van der Waals surface area contributed by atoms with E-state index < -0.39 is 10.0 Å². The van der Waals surface area contributed by atoms with Gasteiger partial charge < -0.3 is 9.47 Å². The van der Waals surface area contributed by atoms with E-state index in [4.69, 9.17) is 32.7 Å². The Morgan fingerprint density at radius 2 is 1.54 bits per heavy atom. The summed E-state index contributed by atoms with van der Waals surface area (Å²) in [7, 11) is -3.61. The second kappa shape index (κ2) is 8.30. The van der Waals surface area contributed by atoms with Crippen LogP contribution in [0.25, 0.3) is 11.1 Å². The summed E-state index contributed by atoms with van der Waals surface area (Å²) in [6.07, 6.45) is 2.22. The lowest BCUT2D eigenvalue weighted by Crippen LogP contribution is -2.49. The SMILES string of the molecule is O=S(=O)(NC1CCC2OCCOC2C1)c1ccc(-c2ccc(Cl)c(Cl)c2)cc1. The summed E-state index contributed by atoms with van der Waals surface area (Å²) in [6, 6.07) is 11.9. The molecule has 1 heterocycles. The number of nitrogens with one attached hydrogen (secondary N) is 1. The maximum Gasteiger partial charge on any atom is 0.240 e. The molecule has 1 aliphatic heterocycles. The van der Waals surface area contributed by atoms with Crippen LogP contribution >= 0.6 is 23.2 Å². The Bertz CT molecular complexity index is 949. The molecule has 1 saturated heterocycles. The van der Waals surface area contributed by atoms with Gasteiger partial charge in [-0.15, -0.1) is 0 Å². The second-order valence-electron chi connectivity index (χ2n) is 7.10. The van der Waals surface area contributed by atoms with Crippen LogP contribution in [0.5, 0.6) is 0 Å². The zero-order valence-electron chi connectivity index (χ0n) is 15.1. The molecule has 0 aromatic heterocycles. The summed E-state index contributed by atoms with van der Waals surface area (Å²) in [5.74, 6) is 0. The summed E-state index contributed by atoms with van der Waals surface area (Å²) in [4.78, 5) is 0.235. The Kier molecular flexibility index (Phi) is 5.97. The third-order valence-corrected chi connectivity index (χ3v) is 7.49. The first-order valence-electron chi connectivity index (χ1n) is 9.23. The number of rotatable bonds is 4. The molecule has 0 amide bonds. The topological polar surface area (TPSA) is 64.6 Å². The molecule has 3 atom stereocenters. The molecule has 1 N–H and O–H groups in total. The molecule has 2 aromatic rings. The Morgan fingerprint density at radius 3 is 2.25 bits per heavy atom. The number of hydrogen-bond acceptors (Lipinski definition) is 4. The molecule has 4 rings (SSSR count). The monoisotopic (exact) mass is 441 g/mol. The molecule has 0 bridgehead atoms. The molecule has 1 saturated carbocycles. The van der Waals surface area contributed by atoms with E-state index in [0.717, 1.165) is 24.0 Å². The summed E-state index contributed by atoms with van der Waals surface area (Å²) in [5, 5.41) is 0.943. The van der Waals surface area contributed by atoms with Crippen molar-refractivity contribution in [3.05, 3.63) is 52.5 Å². The number of benzene rings is 2. The molecule has 0 radical (unpaired) electrons. The van der Waals surface area contributed by atoms with E-state index in [9.17, 15) is 8.42 Å². The fourth-order valence-corrected chi connectivity index (χ4v) is 5.34. The first-order valence-corrected chi connectivity index (χ1v) is 11.5. The Morgan fingerprint density at radius 1 is 0.857 bits per heavy atom. The third kappa shape index (κ3) is 4.37. The van der Waals surface area contributed by atoms with Crippen LogP contribution in [0.15, 0.2) is 47.4 Å². The van der Waals surface area contributed by atoms with E-state index in [2.05, 4.69) is 4.72 Å². The molecule has 3 unspecified atom stereocenters. The van der Waals surface area contributed by atoms with Crippen molar-refractivity contribution in [2.45, 2.75) is 42.4 Å². The van der Waals surface area contributed by atoms with Crippen LogP contribution in [0.3, 0.4) is 0 Å². The lowest BCUT2D eigenvalue weighted by molar-refractivity contribution is -0.156. The highest BCUT2D eigenvalue weighted by atomic mass is 35.5. The molecule has 5 nitrogen and oxygen atoms in total. The molecule has 2 aliphatic rings. The average Bonchev–Trinajstić information content (AvgIpc) is 2.70. The van der Waals surface area contributed by atoms with Crippen LogP contribution in [-0.4, -0.2) is 39.9 Å². The van der Waals surface area contributed by atoms with E-state index >= 15 is 0 Å². The van der Waals surface area contributed by atoms with Crippen molar-refractivity contribution in [2.24, 2.45) is 0 Å². The minimum absolute atomic E-state index is 0.0350. The van der Waals surface area contributed by atoms with Crippen molar-refractivity contribution in [3.8, 4) is 11.1 Å². The van der Waals surface area contributed by atoms with Crippen LogP contribution in [0.4, 0.5) is 0 Å². The minimum Gasteiger partial charge on any atom is -0.373 e. The van der Waals surface area contributed by atoms with Gasteiger partial charge in [-0.25, -0.2) is 13.1 Å². The van der Waals surface area contributed by atoms with E-state index in [0.29, 0.717) is 29.7 Å². The fourth-order valence-electron chi connectivity index (χ4n) is 3.76. The van der Waals surface area contributed by atoms with Gasteiger partial charge in [-0.3, -0.25) is 0 Å². The van der Waals surface area contributed by atoms with Crippen LogP contribution < -0.4 is 4.72 Å². The Hall–Kier alpha value is -1.15. The first kappa shape index (κ1) is 20.1. The highest BCUT2D eigenvalue weighted by Gasteiger charge is 2.35. The van der Waals surface area contributed by atoms with Gasteiger partial charge in [0, 0.05) is 6.04 Å². The van der Waals surface area contributed by atoms with Crippen molar-refractivity contribution < 1.29 is 17.9 Å². The number of ether oxygens (including phenoxy) is 2. The lowest BCUT2D eigenvalue weighted by atomic mass is 9.90. The van der Waals surface area contributed by atoms with Crippen LogP contribution in [-0.2, 0) is 19.5 Å². The molecule has 0 spiro atoms. The van der Waals surface area contributed by atoms with Gasteiger partial charge in [-0.05, 0) is 54.7 Å². The van der Waals surface area contributed by atoms with Crippen LogP contribution in [0, 0.1) is 0 Å². The zero-order valence-corrected chi connectivity index (χ0v) is 17.4. The Balaban J connectivity index is 1.46. The lowest BCUT2D eigenvalue weighted by Gasteiger charge is -2.38. The standard InChI is InChI=1S/C20H21Cl2NO4S/c21-17-7-3-14(11-18(17)22)13-1-5-16(6-2-13)28(24,25)23-15-4-8-19-20(12-15)27-10-9-26-19/h1-3,5-7,11,15,19-20,23H,4,8-10,12H2. The van der Waals surface area contributed by atoms with E-state index in [1.165, 1.54) is 0 Å². The normalized spacial score (nSPS) is 25.3. The van der Waals surface area contributed by atoms with Crippen molar-refractivity contribution in [3.63, 3.8) is 0 Å². The van der Waals surface area contributed by atoms with E-state index in [1.807, 2.05) is 6.07 Å². The molecule has 2 aromatic carbocycles. The van der Waals surface area contributed by atoms with Crippen LogP contribution in [0.2, 0.25) is 10.0 Å². The second-order valence-corrected chi connectivity index (χ2v) is 9.63. The number of sulfonamides is 1. The van der Waals surface area contributed by atoms with Crippen molar-refractivity contribution in [2.75, 3.05) is 13.2 Å². The molecular weight excluding hydrogens is 421 g/mol. The van der Waals surface area contributed by atoms with Crippen molar-refractivity contribution >= 4 is 33.2 Å². The smallest absolute Gasteiger partial charge is 0.240 e. The summed E-state index contributed by atoms with van der Waals surface area (Å²) in [5.41, 5.74) is 1.74. The molecule has 150 valence electrons.